The lowest BCUT2D eigenvalue weighted by molar-refractivity contribution is 0.0592. The maximum Gasteiger partial charge on any atom is 0.338 e. The fourth-order valence-electron chi connectivity index (χ4n) is 1.25. The molecule has 0 fully saturated rings. The number of thiophene rings is 2. The van der Waals surface area contributed by atoms with E-state index < -0.39 is 0 Å². The third kappa shape index (κ3) is 3.78. The van der Waals surface area contributed by atoms with Crippen LogP contribution < -0.4 is 0 Å². The van der Waals surface area contributed by atoms with Crippen LogP contribution in [0.5, 0.6) is 0 Å². The first kappa shape index (κ1) is 15.4. The lowest BCUT2D eigenvalue weighted by Crippen LogP contribution is -1.97. The van der Waals surface area contributed by atoms with Crippen molar-refractivity contribution < 1.29 is 19.1 Å². The van der Waals surface area contributed by atoms with Crippen molar-refractivity contribution >= 4 is 56.2 Å². The Morgan fingerprint density at radius 1 is 0.900 bits per heavy atom. The number of carbonyl (C=O) groups excluding carboxylic acids is 2. The molecule has 0 unspecified atom stereocenters. The molecule has 2 heterocycles. The number of esters is 2. The minimum Gasteiger partial charge on any atom is -0.465 e. The Morgan fingerprint density at radius 3 is 1.65 bits per heavy atom. The van der Waals surface area contributed by atoms with E-state index in [2.05, 4.69) is 9.47 Å². The topological polar surface area (TPSA) is 52.6 Å². The van der Waals surface area contributed by atoms with Gasteiger partial charge in [-0.05, 0) is 33.7 Å². The Labute approximate surface area is 131 Å². The van der Waals surface area contributed by atoms with E-state index in [0.717, 1.165) is 8.42 Å². The maximum absolute atomic E-state index is 11.3. The zero-order chi connectivity index (χ0) is 14.5. The number of rotatable bonds is 5. The molecule has 8 heteroatoms. The molecule has 0 saturated heterocycles. The fourth-order valence-corrected chi connectivity index (χ4v) is 5.68. The molecule has 2 rings (SSSR count). The van der Waals surface area contributed by atoms with Crippen molar-refractivity contribution in [2.75, 3.05) is 14.2 Å². The largest absolute Gasteiger partial charge is 0.465 e. The lowest BCUT2D eigenvalue weighted by Gasteiger charge is -1.94. The quantitative estimate of drug-likeness (QED) is 0.598. The Hall–Kier alpha value is -0.960. The van der Waals surface area contributed by atoms with Gasteiger partial charge in [-0.2, -0.15) is 0 Å². The van der Waals surface area contributed by atoms with Gasteiger partial charge < -0.3 is 9.47 Å². The van der Waals surface area contributed by atoms with E-state index in [1.165, 1.54) is 36.9 Å². The molecule has 0 aromatic carbocycles. The summed E-state index contributed by atoms with van der Waals surface area (Å²) in [7, 11) is 5.81. The zero-order valence-corrected chi connectivity index (χ0v) is 13.8. The van der Waals surface area contributed by atoms with Crippen LogP contribution >= 0.6 is 44.3 Å². The van der Waals surface area contributed by atoms with Crippen molar-refractivity contribution in [1.82, 2.24) is 0 Å². The van der Waals surface area contributed by atoms with E-state index in [0.29, 0.717) is 11.1 Å². The first-order chi connectivity index (χ1) is 9.63. The van der Waals surface area contributed by atoms with Gasteiger partial charge in [-0.15, -0.1) is 22.7 Å². The van der Waals surface area contributed by atoms with Gasteiger partial charge in [0.15, 0.2) is 0 Å². The number of methoxy groups -OCH3 is 2. The zero-order valence-electron chi connectivity index (χ0n) is 10.6. The molecule has 0 N–H and O–H groups in total. The summed E-state index contributed by atoms with van der Waals surface area (Å²) in [5.74, 6) is -0.663. The van der Waals surface area contributed by atoms with Crippen molar-refractivity contribution in [2.45, 2.75) is 8.42 Å². The predicted molar refractivity (Wildman–Crippen MR) is 83.0 cm³/mol. The first-order valence-electron chi connectivity index (χ1n) is 5.32. The summed E-state index contributed by atoms with van der Waals surface area (Å²) < 4.78 is 11.3. The molecule has 0 bridgehead atoms. The van der Waals surface area contributed by atoms with E-state index in [1.54, 1.807) is 44.5 Å². The standard InChI is InChI=1S/C12H10O4S4/c1-15-11(13)7-3-9(17-5-7)19-20-10-4-8(6-18-10)12(14)16-2/h3-6H,1-2H3. The number of ether oxygens (including phenoxy) is 2. The highest BCUT2D eigenvalue weighted by molar-refractivity contribution is 8.77. The molecule has 0 spiro atoms. The van der Waals surface area contributed by atoms with Crippen LogP contribution in [0.25, 0.3) is 0 Å². The van der Waals surface area contributed by atoms with Crippen LogP contribution in [0.4, 0.5) is 0 Å². The average molecular weight is 346 g/mol. The van der Waals surface area contributed by atoms with Crippen LogP contribution in [0.1, 0.15) is 20.7 Å². The molecule has 4 nitrogen and oxygen atoms in total. The average Bonchev–Trinajstić information content (AvgIpc) is 3.12. The van der Waals surface area contributed by atoms with Crippen LogP contribution in [0, 0.1) is 0 Å². The second-order valence-electron chi connectivity index (χ2n) is 3.46. The summed E-state index contributed by atoms with van der Waals surface area (Å²) in [5.41, 5.74) is 1.11. The normalized spacial score (nSPS) is 10.3. The molecule has 2 aromatic rings. The minimum atomic E-state index is -0.331. The van der Waals surface area contributed by atoms with E-state index in [-0.39, 0.29) is 11.9 Å². The summed E-state index contributed by atoms with van der Waals surface area (Å²) in [6.07, 6.45) is 0. The van der Waals surface area contributed by atoms with Crippen LogP contribution in [-0.2, 0) is 9.47 Å². The van der Waals surface area contributed by atoms with Crippen LogP contribution in [0.3, 0.4) is 0 Å². The van der Waals surface area contributed by atoms with E-state index in [4.69, 9.17) is 0 Å². The highest BCUT2D eigenvalue weighted by Gasteiger charge is 2.12. The highest BCUT2D eigenvalue weighted by atomic mass is 33.1. The van der Waals surface area contributed by atoms with Gasteiger partial charge >= 0.3 is 11.9 Å². The summed E-state index contributed by atoms with van der Waals surface area (Å²) >= 11 is 2.97. The molecule has 0 radical (unpaired) electrons. The highest BCUT2D eigenvalue weighted by Crippen LogP contribution is 2.42. The summed E-state index contributed by atoms with van der Waals surface area (Å²) in [5, 5.41) is 3.53. The Bertz CT molecular complexity index is 562. The van der Waals surface area contributed by atoms with Gasteiger partial charge in [0.25, 0.3) is 0 Å². The third-order valence-corrected chi connectivity index (χ3v) is 7.33. The molecular weight excluding hydrogens is 336 g/mol. The van der Waals surface area contributed by atoms with Gasteiger partial charge in [-0.25, -0.2) is 9.59 Å². The van der Waals surface area contributed by atoms with Crippen LogP contribution in [0.2, 0.25) is 0 Å². The van der Waals surface area contributed by atoms with E-state index in [9.17, 15) is 9.59 Å². The van der Waals surface area contributed by atoms with Crippen LogP contribution in [0.15, 0.2) is 31.3 Å². The van der Waals surface area contributed by atoms with Crippen molar-refractivity contribution in [1.29, 1.82) is 0 Å². The number of hydrogen-bond acceptors (Lipinski definition) is 8. The van der Waals surface area contributed by atoms with E-state index in [1.807, 2.05) is 0 Å². The van der Waals surface area contributed by atoms with Gasteiger partial charge in [0.2, 0.25) is 0 Å². The monoisotopic (exact) mass is 346 g/mol. The molecule has 0 amide bonds. The predicted octanol–water partition coefficient (Wildman–Crippen LogP) is 4.18. The summed E-state index contributed by atoms with van der Waals surface area (Å²) in [4.78, 5) is 22.7. The Kier molecular flexibility index (Phi) is 5.53. The minimum absolute atomic E-state index is 0.331. The smallest absolute Gasteiger partial charge is 0.338 e. The van der Waals surface area contributed by atoms with Gasteiger partial charge in [-0.1, -0.05) is 0 Å². The molecule has 106 valence electrons. The lowest BCUT2D eigenvalue weighted by atomic mass is 10.3. The second kappa shape index (κ2) is 7.16. The van der Waals surface area contributed by atoms with E-state index >= 15 is 0 Å². The molecule has 0 aliphatic heterocycles. The molecule has 0 atom stereocenters. The SMILES string of the molecule is COC(=O)c1csc(SSc2cc(C(=O)OC)cs2)c1. The summed E-state index contributed by atoms with van der Waals surface area (Å²) in [6.45, 7) is 0. The van der Waals surface area contributed by atoms with Crippen molar-refractivity contribution in [3.05, 3.63) is 34.0 Å². The Morgan fingerprint density at radius 2 is 1.30 bits per heavy atom. The number of carbonyl (C=O) groups is 2. The molecule has 0 aliphatic carbocycles. The van der Waals surface area contributed by atoms with Gasteiger partial charge in [0.1, 0.15) is 0 Å². The molecule has 0 aliphatic rings. The maximum atomic E-state index is 11.3. The summed E-state index contributed by atoms with van der Waals surface area (Å²) in [6, 6.07) is 3.59. The second-order valence-corrected chi connectivity index (χ2v) is 8.01. The van der Waals surface area contributed by atoms with Crippen molar-refractivity contribution in [3.63, 3.8) is 0 Å². The third-order valence-electron chi connectivity index (χ3n) is 2.20. The Balaban J connectivity index is 1.95. The first-order valence-corrected chi connectivity index (χ1v) is 9.23. The van der Waals surface area contributed by atoms with Gasteiger partial charge in [-0.3, -0.25) is 0 Å². The number of hydrogen-bond donors (Lipinski definition) is 0. The van der Waals surface area contributed by atoms with Gasteiger partial charge in [0.05, 0.1) is 33.8 Å². The van der Waals surface area contributed by atoms with Gasteiger partial charge in [0, 0.05) is 10.8 Å². The molecule has 0 saturated carbocycles. The molecular formula is C12H10O4S4. The van der Waals surface area contributed by atoms with Crippen LogP contribution in [-0.4, -0.2) is 26.2 Å². The molecule has 20 heavy (non-hydrogen) atoms. The van der Waals surface area contributed by atoms with Crippen molar-refractivity contribution in [2.24, 2.45) is 0 Å². The van der Waals surface area contributed by atoms with Crippen molar-refractivity contribution in [3.8, 4) is 0 Å². The fraction of sp³-hybridized carbons (Fsp3) is 0.167. The molecule has 2 aromatic heterocycles.